The number of fused-ring (bicyclic) bond motifs is 1. The van der Waals surface area contributed by atoms with E-state index < -0.39 is 0 Å². The van der Waals surface area contributed by atoms with Gasteiger partial charge in [0.1, 0.15) is 5.75 Å². The van der Waals surface area contributed by atoms with Crippen LogP contribution in [0.2, 0.25) is 5.02 Å². The highest BCUT2D eigenvalue weighted by molar-refractivity contribution is 6.31. The van der Waals surface area contributed by atoms with Crippen molar-refractivity contribution in [2.75, 3.05) is 13.7 Å². The van der Waals surface area contributed by atoms with Crippen LogP contribution in [0.1, 0.15) is 50.5 Å². The second-order valence-corrected chi connectivity index (χ2v) is 9.66. The van der Waals surface area contributed by atoms with Crippen LogP contribution in [0.3, 0.4) is 0 Å². The molecule has 0 heterocycles. The lowest BCUT2D eigenvalue weighted by Crippen LogP contribution is -2.46. The SMILES string of the molecule is CC(NC(C)(C)C)C(=O)c1cccc(Cl)c1.COc1ccc2cccc(CCNC(C)=O)c2c1. The molecule has 34 heavy (non-hydrogen) atoms. The summed E-state index contributed by atoms with van der Waals surface area (Å²) in [5.41, 5.74) is 1.80. The van der Waals surface area contributed by atoms with E-state index in [1.807, 2.05) is 45.9 Å². The van der Waals surface area contributed by atoms with E-state index in [0.717, 1.165) is 12.2 Å². The third kappa shape index (κ3) is 8.81. The third-order valence-electron chi connectivity index (χ3n) is 5.10. The molecule has 6 heteroatoms. The van der Waals surface area contributed by atoms with Crippen molar-refractivity contribution in [1.82, 2.24) is 10.6 Å². The molecule has 0 fully saturated rings. The lowest BCUT2D eigenvalue weighted by molar-refractivity contribution is -0.118. The number of benzene rings is 3. The molecule has 3 aromatic rings. The van der Waals surface area contributed by atoms with Gasteiger partial charge in [-0.1, -0.05) is 48.0 Å². The van der Waals surface area contributed by atoms with Crippen molar-refractivity contribution in [3.63, 3.8) is 0 Å². The van der Waals surface area contributed by atoms with E-state index in [2.05, 4.69) is 28.8 Å². The standard InChI is InChI=1S/C15H17NO2.C13H18ClNO/c1-11(17)16-9-8-13-5-3-4-12-6-7-14(18-2)10-15(12)13;1-9(15-13(2,3)4)12(16)10-6-5-7-11(14)8-10/h3-7,10H,8-9H2,1-2H3,(H,16,17);5-9,15H,1-4H3. The molecule has 1 unspecified atom stereocenters. The Labute approximate surface area is 207 Å². The summed E-state index contributed by atoms with van der Waals surface area (Å²) in [6, 6.07) is 19.1. The molecule has 0 radical (unpaired) electrons. The number of nitrogens with one attached hydrogen (secondary N) is 2. The summed E-state index contributed by atoms with van der Waals surface area (Å²) >= 11 is 5.85. The number of ketones is 1. The number of hydrogen-bond acceptors (Lipinski definition) is 4. The molecule has 0 saturated carbocycles. The summed E-state index contributed by atoms with van der Waals surface area (Å²) in [5.74, 6) is 0.930. The third-order valence-corrected chi connectivity index (χ3v) is 5.33. The molecular formula is C28H35ClN2O3. The number of methoxy groups -OCH3 is 1. The highest BCUT2D eigenvalue weighted by Gasteiger charge is 2.20. The Balaban J connectivity index is 0.000000242. The molecule has 0 spiro atoms. The minimum atomic E-state index is -0.210. The van der Waals surface area contributed by atoms with Crippen LogP contribution < -0.4 is 15.4 Å². The summed E-state index contributed by atoms with van der Waals surface area (Å²) in [5, 5.41) is 9.03. The molecular weight excluding hydrogens is 448 g/mol. The van der Waals surface area contributed by atoms with Crippen molar-refractivity contribution in [3.8, 4) is 5.75 Å². The van der Waals surface area contributed by atoms with E-state index in [0.29, 0.717) is 17.1 Å². The van der Waals surface area contributed by atoms with E-state index in [1.54, 1.807) is 31.4 Å². The number of carbonyl (C=O) groups excluding carboxylic acids is 2. The number of hydrogen-bond donors (Lipinski definition) is 2. The van der Waals surface area contributed by atoms with Gasteiger partial charge in [-0.05, 0) is 74.7 Å². The van der Waals surface area contributed by atoms with E-state index in [4.69, 9.17) is 16.3 Å². The molecule has 0 aliphatic carbocycles. The second-order valence-electron chi connectivity index (χ2n) is 9.23. The molecule has 3 rings (SSSR count). The summed E-state index contributed by atoms with van der Waals surface area (Å²) in [6.45, 7) is 10.2. The summed E-state index contributed by atoms with van der Waals surface area (Å²) < 4.78 is 5.25. The van der Waals surface area contributed by atoms with Gasteiger partial charge >= 0.3 is 0 Å². The maximum Gasteiger partial charge on any atom is 0.216 e. The van der Waals surface area contributed by atoms with Crippen molar-refractivity contribution in [2.24, 2.45) is 0 Å². The maximum atomic E-state index is 12.1. The van der Waals surface area contributed by atoms with Crippen LogP contribution in [0.15, 0.2) is 60.7 Å². The van der Waals surface area contributed by atoms with Gasteiger partial charge in [-0.15, -0.1) is 0 Å². The quantitative estimate of drug-likeness (QED) is 0.416. The van der Waals surface area contributed by atoms with Gasteiger partial charge in [0, 0.05) is 29.6 Å². The van der Waals surface area contributed by atoms with Gasteiger partial charge in [-0.2, -0.15) is 0 Å². The number of halogens is 1. The van der Waals surface area contributed by atoms with Crippen LogP contribution in [-0.4, -0.2) is 36.9 Å². The van der Waals surface area contributed by atoms with Crippen molar-refractivity contribution in [1.29, 1.82) is 0 Å². The van der Waals surface area contributed by atoms with Gasteiger partial charge in [-0.3, -0.25) is 9.59 Å². The topological polar surface area (TPSA) is 67.4 Å². The summed E-state index contributed by atoms with van der Waals surface area (Å²) in [7, 11) is 1.67. The van der Waals surface area contributed by atoms with E-state index in [-0.39, 0.29) is 23.3 Å². The van der Waals surface area contributed by atoms with Crippen molar-refractivity contribution >= 4 is 34.1 Å². The van der Waals surface area contributed by atoms with Gasteiger partial charge < -0.3 is 15.4 Å². The van der Waals surface area contributed by atoms with Crippen LogP contribution in [-0.2, 0) is 11.2 Å². The fourth-order valence-electron chi connectivity index (χ4n) is 3.64. The Kier molecular flexibility index (Phi) is 10.1. The predicted molar refractivity (Wildman–Crippen MR) is 141 cm³/mol. The molecule has 3 aromatic carbocycles. The largest absolute Gasteiger partial charge is 0.497 e. The first-order valence-corrected chi connectivity index (χ1v) is 11.8. The smallest absolute Gasteiger partial charge is 0.216 e. The van der Waals surface area contributed by atoms with Gasteiger partial charge in [0.2, 0.25) is 5.91 Å². The normalized spacial score (nSPS) is 11.9. The Hall–Kier alpha value is -2.89. The highest BCUT2D eigenvalue weighted by Crippen LogP contribution is 2.24. The van der Waals surface area contributed by atoms with Gasteiger partial charge in [0.25, 0.3) is 0 Å². The molecule has 1 amide bonds. The lowest BCUT2D eigenvalue weighted by Gasteiger charge is -2.25. The average molecular weight is 483 g/mol. The first-order valence-electron chi connectivity index (χ1n) is 11.4. The molecule has 1 atom stereocenters. The average Bonchev–Trinajstić information content (AvgIpc) is 2.77. The first kappa shape index (κ1) is 27.4. The fourth-order valence-corrected chi connectivity index (χ4v) is 3.83. The molecule has 2 N–H and O–H groups in total. The number of rotatable bonds is 7. The first-order chi connectivity index (χ1) is 16.0. The second kappa shape index (κ2) is 12.5. The molecule has 0 aliphatic heterocycles. The van der Waals surface area contributed by atoms with E-state index in [9.17, 15) is 9.59 Å². The Morgan fingerprint density at radius 3 is 2.35 bits per heavy atom. The van der Waals surface area contributed by atoms with Gasteiger partial charge in [0.15, 0.2) is 5.78 Å². The van der Waals surface area contributed by atoms with Crippen LogP contribution in [0.5, 0.6) is 5.75 Å². The molecule has 0 aliphatic rings. The summed E-state index contributed by atoms with van der Waals surface area (Å²) in [6.07, 6.45) is 0.823. The van der Waals surface area contributed by atoms with Gasteiger partial charge in [0.05, 0.1) is 13.2 Å². The van der Waals surface area contributed by atoms with Crippen LogP contribution in [0.4, 0.5) is 0 Å². The fraction of sp³-hybridized carbons (Fsp3) is 0.357. The molecule has 0 bridgehead atoms. The van der Waals surface area contributed by atoms with Crippen LogP contribution in [0.25, 0.3) is 10.8 Å². The van der Waals surface area contributed by atoms with Crippen molar-refractivity contribution < 1.29 is 14.3 Å². The van der Waals surface area contributed by atoms with E-state index >= 15 is 0 Å². The van der Waals surface area contributed by atoms with Crippen LogP contribution >= 0.6 is 11.6 Å². The molecule has 0 saturated heterocycles. The number of ether oxygens (including phenoxy) is 1. The minimum Gasteiger partial charge on any atom is -0.497 e. The predicted octanol–water partition coefficient (Wildman–Crippen LogP) is 5.83. The van der Waals surface area contributed by atoms with Crippen LogP contribution in [0, 0.1) is 0 Å². The molecule has 0 aromatic heterocycles. The maximum absolute atomic E-state index is 12.1. The van der Waals surface area contributed by atoms with E-state index in [1.165, 1.54) is 23.3 Å². The zero-order chi connectivity index (χ0) is 25.3. The Morgan fingerprint density at radius 2 is 1.74 bits per heavy atom. The minimum absolute atomic E-state index is 0.00724. The Morgan fingerprint density at radius 1 is 1.03 bits per heavy atom. The number of amides is 1. The van der Waals surface area contributed by atoms with Crippen molar-refractivity contribution in [3.05, 3.63) is 76.8 Å². The zero-order valence-electron chi connectivity index (χ0n) is 20.9. The lowest BCUT2D eigenvalue weighted by atomic mass is 10.0. The summed E-state index contributed by atoms with van der Waals surface area (Å²) in [4.78, 5) is 22.9. The number of carbonyl (C=O) groups is 2. The monoisotopic (exact) mass is 482 g/mol. The Bertz CT molecular complexity index is 1120. The van der Waals surface area contributed by atoms with Crippen molar-refractivity contribution in [2.45, 2.75) is 52.6 Å². The molecule has 182 valence electrons. The zero-order valence-corrected chi connectivity index (χ0v) is 21.6. The molecule has 5 nitrogen and oxygen atoms in total. The highest BCUT2D eigenvalue weighted by atomic mass is 35.5. The van der Waals surface area contributed by atoms with Gasteiger partial charge in [-0.25, -0.2) is 0 Å². The number of Topliss-reactive ketones (excluding diaryl/α,β-unsaturated/α-hetero) is 1.